The van der Waals surface area contributed by atoms with E-state index in [2.05, 4.69) is 37.8 Å². The van der Waals surface area contributed by atoms with Gasteiger partial charge in [-0.05, 0) is 67.2 Å². The van der Waals surface area contributed by atoms with Gasteiger partial charge in [0.05, 0.1) is 0 Å². The van der Waals surface area contributed by atoms with Gasteiger partial charge in [0.1, 0.15) is 5.60 Å². The lowest BCUT2D eigenvalue weighted by Crippen LogP contribution is -2.42. The van der Waals surface area contributed by atoms with Crippen LogP contribution in [0.4, 0.5) is 4.79 Å². The van der Waals surface area contributed by atoms with Crippen LogP contribution in [0.5, 0.6) is 0 Å². The van der Waals surface area contributed by atoms with Gasteiger partial charge in [0.2, 0.25) is 0 Å². The van der Waals surface area contributed by atoms with E-state index in [0.29, 0.717) is 13.1 Å². The van der Waals surface area contributed by atoms with Crippen LogP contribution in [0, 0.1) is 0 Å². The van der Waals surface area contributed by atoms with Crippen LogP contribution >= 0.6 is 0 Å². The summed E-state index contributed by atoms with van der Waals surface area (Å²) in [5.41, 5.74) is -0.476. The van der Waals surface area contributed by atoms with Crippen molar-refractivity contribution in [2.45, 2.75) is 46.1 Å². The first-order chi connectivity index (χ1) is 12.8. The minimum absolute atomic E-state index is 0.394. The summed E-state index contributed by atoms with van der Waals surface area (Å²) in [7, 11) is 2.19. The highest BCUT2D eigenvalue weighted by Crippen LogP contribution is 2.06. The predicted octanol–water partition coefficient (Wildman–Crippen LogP) is 1.09. The number of likely N-dealkylation sites (N-methyl/N-ethyl adjacent to an activating group) is 1. The molecule has 0 bridgehead atoms. The van der Waals surface area contributed by atoms with Crippen molar-refractivity contribution in [2.75, 3.05) is 66.0 Å². The van der Waals surface area contributed by atoms with E-state index >= 15 is 0 Å². The number of hydrogen-bond donors (Lipinski definition) is 3. The molecule has 1 heterocycles. The molecule has 1 amide bonds. The molecular weight excluding hydrogens is 344 g/mol. The molecule has 8 heteroatoms. The van der Waals surface area contributed by atoms with Gasteiger partial charge in [0.25, 0.3) is 0 Å². The molecule has 0 saturated carbocycles. The van der Waals surface area contributed by atoms with Gasteiger partial charge >= 0.3 is 6.09 Å². The summed E-state index contributed by atoms with van der Waals surface area (Å²) < 4.78 is 5.21. The zero-order valence-corrected chi connectivity index (χ0v) is 17.9. The first-order valence-electron chi connectivity index (χ1n) is 10.2. The van der Waals surface area contributed by atoms with Crippen LogP contribution in [0.1, 0.15) is 40.5 Å². The highest BCUT2D eigenvalue weighted by molar-refractivity contribution is 5.79. The first-order valence-corrected chi connectivity index (χ1v) is 10.2. The van der Waals surface area contributed by atoms with Gasteiger partial charge in [-0.25, -0.2) is 4.79 Å². The number of carbonyl (C=O) groups excluding carboxylic acids is 1. The average molecular weight is 385 g/mol. The molecule has 0 aromatic rings. The summed E-state index contributed by atoms with van der Waals surface area (Å²) in [6, 6.07) is 0. The number of nitrogens with zero attached hydrogens (tertiary/aromatic N) is 3. The van der Waals surface area contributed by atoms with Crippen LogP contribution in [0.3, 0.4) is 0 Å². The molecule has 158 valence electrons. The fraction of sp³-hybridized carbons (Fsp3) is 0.895. The Morgan fingerprint density at radius 2 is 1.81 bits per heavy atom. The molecule has 1 aliphatic heterocycles. The van der Waals surface area contributed by atoms with Crippen molar-refractivity contribution in [3.63, 3.8) is 0 Å². The molecule has 27 heavy (non-hydrogen) atoms. The van der Waals surface area contributed by atoms with E-state index in [1.54, 1.807) is 0 Å². The number of rotatable bonds is 8. The lowest BCUT2D eigenvalue weighted by atomic mass is 10.2. The largest absolute Gasteiger partial charge is 0.444 e. The van der Waals surface area contributed by atoms with Gasteiger partial charge in [-0.1, -0.05) is 0 Å². The van der Waals surface area contributed by atoms with E-state index in [1.807, 2.05) is 27.7 Å². The molecule has 3 N–H and O–H groups in total. The lowest BCUT2D eigenvalue weighted by Gasteiger charge is -2.20. The smallest absolute Gasteiger partial charge is 0.407 e. The Bertz CT molecular complexity index is 450. The van der Waals surface area contributed by atoms with E-state index < -0.39 is 11.7 Å². The van der Waals surface area contributed by atoms with Crippen LogP contribution in [-0.2, 0) is 4.74 Å². The maximum Gasteiger partial charge on any atom is 0.407 e. The number of nitrogens with one attached hydrogen (secondary N) is 3. The van der Waals surface area contributed by atoms with Crippen molar-refractivity contribution >= 4 is 12.1 Å². The topological polar surface area (TPSA) is 81.2 Å². The molecule has 8 nitrogen and oxygen atoms in total. The molecule has 1 rings (SSSR count). The quantitative estimate of drug-likeness (QED) is 0.330. The van der Waals surface area contributed by atoms with Crippen molar-refractivity contribution < 1.29 is 9.53 Å². The monoisotopic (exact) mass is 384 g/mol. The van der Waals surface area contributed by atoms with Crippen LogP contribution < -0.4 is 16.0 Å². The summed E-state index contributed by atoms with van der Waals surface area (Å²) >= 11 is 0. The second kappa shape index (κ2) is 12.8. The van der Waals surface area contributed by atoms with E-state index in [1.165, 1.54) is 19.5 Å². The third kappa shape index (κ3) is 12.5. The molecule has 0 spiro atoms. The Morgan fingerprint density at radius 3 is 2.52 bits per heavy atom. The summed E-state index contributed by atoms with van der Waals surface area (Å²) in [6.45, 7) is 16.1. The van der Waals surface area contributed by atoms with Crippen LogP contribution in [0.25, 0.3) is 0 Å². The second-order valence-corrected chi connectivity index (χ2v) is 7.97. The summed E-state index contributed by atoms with van der Waals surface area (Å²) in [5, 5.41) is 9.22. The van der Waals surface area contributed by atoms with Crippen molar-refractivity contribution in [2.24, 2.45) is 4.99 Å². The van der Waals surface area contributed by atoms with Crippen molar-refractivity contribution in [3.8, 4) is 0 Å². The van der Waals surface area contributed by atoms with Gasteiger partial charge in [0, 0.05) is 39.3 Å². The number of alkyl carbamates (subject to hydrolysis) is 1. The lowest BCUT2D eigenvalue weighted by molar-refractivity contribution is 0.0529. The standard InChI is InChI=1S/C19H40N6O2/c1-6-20-17(22-10-11-23-18(26)27-19(2,3)4)21-9-7-13-25-14-8-12-24(5)15-16-25/h6-16H2,1-5H3,(H,23,26)(H2,20,21,22). The molecule has 0 aliphatic carbocycles. The summed E-state index contributed by atoms with van der Waals surface area (Å²) in [5.74, 6) is 0.791. The first kappa shape index (κ1) is 23.5. The molecule has 0 atom stereocenters. The second-order valence-electron chi connectivity index (χ2n) is 7.97. The van der Waals surface area contributed by atoms with Crippen molar-refractivity contribution in [3.05, 3.63) is 0 Å². The molecule has 1 fully saturated rings. The summed E-state index contributed by atoms with van der Waals surface area (Å²) in [4.78, 5) is 21.2. The van der Waals surface area contributed by atoms with E-state index in [0.717, 1.165) is 45.1 Å². The zero-order valence-electron chi connectivity index (χ0n) is 17.9. The number of amides is 1. The number of ether oxygens (including phenoxy) is 1. The predicted molar refractivity (Wildman–Crippen MR) is 111 cm³/mol. The number of carbonyl (C=O) groups is 1. The molecular formula is C19H40N6O2. The third-order valence-electron chi connectivity index (χ3n) is 4.14. The highest BCUT2D eigenvalue weighted by Gasteiger charge is 2.15. The molecule has 1 saturated heterocycles. The zero-order chi connectivity index (χ0) is 20.1. The van der Waals surface area contributed by atoms with Gasteiger partial charge in [-0.2, -0.15) is 0 Å². The van der Waals surface area contributed by atoms with Crippen LogP contribution in [0.2, 0.25) is 0 Å². The molecule has 1 aliphatic rings. The normalized spacial score (nSPS) is 17.3. The fourth-order valence-corrected chi connectivity index (χ4v) is 2.81. The van der Waals surface area contributed by atoms with E-state index in [4.69, 9.17) is 4.74 Å². The number of hydrogen-bond acceptors (Lipinski definition) is 5. The minimum Gasteiger partial charge on any atom is -0.444 e. The van der Waals surface area contributed by atoms with Crippen LogP contribution in [-0.4, -0.2) is 93.4 Å². The van der Waals surface area contributed by atoms with Crippen molar-refractivity contribution in [1.82, 2.24) is 25.8 Å². The van der Waals surface area contributed by atoms with Crippen LogP contribution in [0.15, 0.2) is 4.99 Å². The SMILES string of the molecule is CCNC(=NCCCN1CCCN(C)CC1)NCCNC(=O)OC(C)(C)C. The Morgan fingerprint density at radius 1 is 1.07 bits per heavy atom. The van der Waals surface area contributed by atoms with Gasteiger partial charge in [-0.15, -0.1) is 0 Å². The van der Waals surface area contributed by atoms with Gasteiger partial charge in [-0.3, -0.25) is 4.99 Å². The third-order valence-corrected chi connectivity index (χ3v) is 4.14. The maximum absolute atomic E-state index is 11.6. The Balaban J connectivity index is 2.22. The van der Waals surface area contributed by atoms with Gasteiger partial charge in [0.15, 0.2) is 5.96 Å². The van der Waals surface area contributed by atoms with E-state index in [-0.39, 0.29) is 0 Å². The van der Waals surface area contributed by atoms with Gasteiger partial charge < -0.3 is 30.5 Å². The van der Waals surface area contributed by atoms with E-state index in [9.17, 15) is 4.79 Å². The summed E-state index contributed by atoms with van der Waals surface area (Å²) in [6.07, 6.45) is 1.90. The molecule has 0 radical (unpaired) electrons. The Kier molecular flexibility index (Phi) is 11.1. The maximum atomic E-state index is 11.6. The molecule has 0 aromatic carbocycles. The minimum atomic E-state index is -0.476. The number of aliphatic imine (C=N–C) groups is 1. The average Bonchev–Trinajstić information content (AvgIpc) is 2.78. The highest BCUT2D eigenvalue weighted by atomic mass is 16.6. The fourth-order valence-electron chi connectivity index (χ4n) is 2.81. The molecule has 0 unspecified atom stereocenters. The number of guanidine groups is 1. The Labute approximate surface area is 165 Å². The Hall–Kier alpha value is -1.54. The van der Waals surface area contributed by atoms with Crippen molar-refractivity contribution in [1.29, 1.82) is 0 Å². The molecule has 0 aromatic heterocycles.